The van der Waals surface area contributed by atoms with Crippen LogP contribution in [0.4, 0.5) is 0 Å². The van der Waals surface area contributed by atoms with Gasteiger partial charge in [0.25, 0.3) is 0 Å². The van der Waals surface area contributed by atoms with Crippen LogP contribution >= 0.6 is 0 Å². The summed E-state index contributed by atoms with van der Waals surface area (Å²) in [4.78, 5) is 10.8. The lowest BCUT2D eigenvalue weighted by atomic mass is 9.96. The van der Waals surface area contributed by atoms with Crippen molar-refractivity contribution in [1.29, 1.82) is 0 Å². The topological polar surface area (TPSA) is 58.0 Å². The summed E-state index contributed by atoms with van der Waals surface area (Å²) < 4.78 is 1.42. The first kappa shape index (κ1) is 8.29. The maximum absolute atomic E-state index is 10.8. The molecule has 0 amide bonds. The normalized spacial score (nSPS) is 15.5. The zero-order chi connectivity index (χ0) is 9.42. The van der Waals surface area contributed by atoms with Gasteiger partial charge >= 0.3 is 0 Å². The van der Waals surface area contributed by atoms with Crippen LogP contribution < -0.4 is 5.11 Å². The molecule has 0 N–H and O–H groups in total. The molecule has 13 heavy (non-hydrogen) atoms. The Hall–Kier alpha value is -1.32. The van der Waals surface area contributed by atoms with Crippen molar-refractivity contribution in [2.24, 2.45) is 7.05 Å². The molecule has 1 aromatic heterocycles. The molecule has 0 radical (unpaired) electrons. The Morgan fingerprint density at radius 2 is 2.15 bits per heavy atom. The number of carboxylic acids is 1. The number of hydrogen-bond donors (Lipinski definition) is 0. The van der Waals surface area contributed by atoms with Gasteiger partial charge in [-0.2, -0.15) is 5.10 Å². The molecule has 0 aromatic carbocycles. The molecule has 0 spiro atoms. The minimum atomic E-state index is -1.11. The lowest BCUT2D eigenvalue weighted by molar-refractivity contribution is -0.255. The van der Waals surface area contributed by atoms with Crippen molar-refractivity contribution in [1.82, 2.24) is 9.78 Å². The average molecular weight is 179 g/mol. The van der Waals surface area contributed by atoms with Crippen molar-refractivity contribution >= 4 is 5.97 Å². The molecule has 1 heterocycles. The summed E-state index contributed by atoms with van der Waals surface area (Å²) in [6.45, 7) is 0. The van der Waals surface area contributed by atoms with Crippen molar-refractivity contribution in [3.8, 4) is 0 Å². The number of rotatable bonds is 1. The van der Waals surface area contributed by atoms with Gasteiger partial charge in [-0.25, -0.2) is 0 Å². The first-order chi connectivity index (χ1) is 6.20. The fourth-order valence-electron chi connectivity index (χ4n) is 1.94. The lowest BCUT2D eigenvalue weighted by Gasteiger charge is -2.11. The molecule has 4 nitrogen and oxygen atoms in total. The smallest absolute Gasteiger partial charge is 0.0899 e. The molecule has 0 bridgehead atoms. The number of aryl methyl sites for hydroxylation is 2. The van der Waals surface area contributed by atoms with Crippen molar-refractivity contribution in [2.75, 3.05) is 0 Å². The number of aromatic carboxylic acids is 1. The third-order valence-corrected chi connectivity index (χ3v) is 2.51. The highest BCUT2D eigenvalue weighted by Gasteiger charge is 2.19. The molecule has 0 unspecified atom stereocenters. The van der Waals surface area contributed by atoms with Crippen LogP contribution in [0, 0.1) is 0 Å². The predicted octanol–water partition coefficient (Wildman–Crippen LogP) is -0.338. The summed E-state index contributed by atoms with van der Waals surface area (Å²) in [5.74, 6) is -1.11. The van der Waals surface area contributed by atoms with Crippen molar-refractivity contribution < 1.29 is 9.90 Å². The molecule has 4 heteroatoms. The summed E-state index contributed by atoms with van der Waals surface area (Å²) in [6, 6.07) is 0. The first-order valence-corrected chi connectivity index (χ1v) is 4.46. The second kappa shape index (κ2) is 2.87. The molecule has 0 saturated carbocycles. The molecule has 0 aliphatic heterocycles. The van der Waals surface area contributed by atoms with Gasteiger partial charge in [-0.15, -0.1) is 0 Å². The number of aromatic nitrogens is 2. The summed E-state index contributed by atoms with van der Waals surface area (Å²) in [7, 11) is 1.66. The summed E-state index contributed by atoms with van der Waals surface area (Å²) in [6.07, 6.45) is 3.89. The second-order valence-electron chi connectivity index (χ2n) is 3.39. The fourth-order valence-corrected chi connectivity index (χ4v) is 1.94. The predicted molar refractivity (Wildman–Crippen MR) is 44.2 cm³/mol. The minimum absolute atomic E-state index is 0.259. The SMILES string of the molecule is Cn1nc2c(c1C(=O)[O-])CCCC2. The number of carboxylic acid groups (broad SMARTS) is 1. The summed E-state index contributed by atoms with van der Waals surface area (Å²) in [5, 5.41) is 15.0. The van der Waals surface area contributed by atoms with Crippen molar-refractivity contribution in [3.63, 3.8) is 0 Å². The van der Waals surface area contributed by atoms with E-state index in [1.807, 2.05) is 0 Å². The van der Waals surface area contributed by atoms with Gasteiger partial charge in [0.1, 0.15) is 0 Å². The Morgan fingerprint density at radius 3 is 2.85 bits per heavy atom. The average Bonchev–Trinajstić information content (AvgIpc) is 2.39. The quantitative estimate of drug-likeness (QED) is 0.592. The van der Waals surface area contributed by atoms with Crippen LogP contribution in [-0.2, 0) is 19.9 Å². The zero-order valence-corrected chi connectivity index (χ0v) is 7.54. The van der Waals surface area contributed by atoms with E-state index in [-0.39, 0.29) is 5.69 Å². The van der Waals surface area contributed by atoms with E-state index in [0.29, 0.717) is 0 Å². The van der Waals surface area contributed by atoms with Crippen LogP contribution in [0.1, 0.15) is 34.6 Å². The maximum Gasteiger partial charge on any atom is 0.0899 e. The Labute approximate surface area is 76.2 Å². The van der Waals surface area contributed by atoms with E-state index in [4.69, 9.17) is 0 Å². The number of carbonyl (C=O) groups excluding carboxylic acids is 1. The molecular formula is C9H11N2O2-. The van der Waals surface area contributed by atoms with Gasteiger partial charge in [0.2, 0.25) is 0 Å². The fraction of sp³-hybridized carbons (Fsp3) is 0.556. The molecular weight excluding hydrogens is 168 g/mol. The van der Waals surface area contributed by atoms with Crippen LogP contribution in [0.15, 0.2) is 0 Å². The zero-order valence-electron chi connectivity index (χ0n) is 7.54. The highest BCUT2D eigenvalue weighted by Crippen LogP contribution is 2.22. The van der Waals surface area contributed by atoms with Crippen LogP contribution in [0.2, 0.25) is 0 Å². The van der Waals surface area contributed by atoms with Gasteiger partial charge in [0, 0.05) is 12.6 Å². The van der Waals surface area contributed by atoms with E-state index in [0.717, 1.165) is 36.9 Å². The first-order valence-electron chi connectivity index (χ1n) is 4.46. The van der Waals surface area contributed by atoms with Crippen LogP contribution in [0.3, 0.4) is 0 Å². The molecule has 1 aliphatic rings. The van der Waals surface area contributed by atoms with E-state index >= 15 is 0 Å². The molecule has 1 aromatic rings. The number of nitrogens with zero attached hydrogens (tertiary/aromatic N) is 2. The summed E-state index contributed by atoms with van der Waals surface area (Å²) in [5.41, 5.74) is 2.08. The van der Waals surface area contributed by atoms with E-state index < -0.39 is 5.97 Å². The Balaban J connectivity index is 2.54. The van der Waals surface area contributed by atoms with E-state index in [2.05, 4.69) is 5.10 Å². The van der Waals surface area contributed by atoms with Gasteiger partial charge in [-0.05, 0) is 25.7 Å². The number of carbonyl (C=O) groups is 1. The van der Waals surface area contributed by atoms with Gasteiger partial charge in [-0.3, -0.25) is 4.68 Å². The standard InChI is InChI=1S/C9H12N2O2/c1-11-8(9(12)13)6-4-2-3-5-7(6)10-11/h2-5H2,1H3,(H,12,13)/p-1. The highest BCUT2D eigenvalue weighted by molar-refractivity contribution is 5.86. The molecule has 0 atom stereocenters. The molecule has 70 valence electrons. The largest absolute Gasteiger partial charge is 0.543 e. The maximum atomic E-state index is 10.8. The monoisotopic (exact) mass is 179 g/mol. The van der Waals surface area contributed by atoms with Crippen LogP contribution in [0.5, 0.6) is 0 Å². The van der Waals surface area contributed by atoms with E-state index in [1.165, 1.54) is 4.68 Å². The summed E-state index contributed by atoms with van der Waals surface area (Å²) >= 11 is 0. The van der Waals surface area contributed by atoms with Gasteiger partial charge < -0.3 is 9.90 Å². The van der Waals surface area contributed by atoms with Crippen LogP contribution in [-0.4, -0.2) is 15.7 Å². The Bertz CT molecular complexity index is 355. The minimum Gasteiger partial charge on any atom is -0.543 e. The molecule has 1 aliphatic carbocycles. The Morgan fingerprint density at radius 1 is 1.46 bits per heavy atom. The van der Waals surface area contributed by atoms with Gasteiger partial charge in [0.15, 0.2) is 0 Å². The second-order valence-corrected chi connectivity index (χ2v) is 3.39. The molecule has 0 saturated heterocycles. The third kappa shape index (κ3) is 1.22. The van der Waals surface area contributed by atoms with Crippen molar-refractivity contribution in [2.45, 2.75) is 25.7 Å². The Kier molecular flexibility index (Phi) is 1.83. The lowest BCUT2D eigenvalue weighted by Crippen LogP contribution is -2.26. The highest BCUT2D eigenvalue weighted by atomic mass is 16.4. The van der Waals surface area contributed by atoms with Crippen molar-refractivity contribution in [3.05, 3.63) is 17.0 Å². The van der Waals surface area contributed by atoms with Crippen LogP contribution in [0.25, 0.3) is 0 Å². The van der Waals surface area contributed by atoms with E-state index in [1.54, 1.807) is 7.05 Å². The molecule has 0 fully saturated rings. The van der Waals surface area contributed by atoms with Gasteiger partial charge in [-0.1, -0.05) is 0 Å². The van der Waals surface area contributed by atoms with E-state index in [9.17, 15) is 9.90 Å². The number of hydrogen-bond acceptors (Lipinski definition) is 3. The van der Waals surface area contributed by atoms with Gasteiger partial charge in [0.05, 0.1) is 17.4 Å². The third-order valence-electron chi connectivity index (χ3n) is 2.51. The molecule has 2 rings (SSSR count). The number of fused-ring (bicyclic) bond motifs is 1.